The van der Waals surface area contributed by atoms with Crippen molar-refractivity contribution in [2.24, 2.45) is 12.0 Å². The van der Waals surface area contributed by atoms with E-state index in [2.05, 4.69) is 20.3 Å². The Morgan fingerprint density at radius 2 is 2.26 bits per heavy atom. The standard InChI is InChI=1S/C21H29F2N5O3/c1-4-8-29-17-6-5-15(18(10-17)31-20(22)23)11-25-21(24-2)28-7-9-30-19(14-28)16-12-26-27(3)13-16/h5-6,10,12-13,19-20H,4,7-9,11,14H2,1-3H3,(H,24,25). The second-order valence-electron chi connectivity index (χ2n) is 7.15. The second-order valence-corrected chi connectivity index (χ2v) is 7.15. The monoisotopic (exact) mass is 437 g/mol. The van der Waals surface area contributed by atoms with Crippen LogP contribution in [0.25, 0.3) is 0 Å². The van der Waals surface area contributed by atoms with Crippen molar-refractivity contribution in [3.05, 3.63) is 41.7 Å². The molecule has 0 radical (unpaired) electrons. The molecule has 0 spiro atoms. The first-order valence-electron chi connectivity index (χ1n) is 10.3. The minimum Gasteiger partial charge on any atom is -0.493 e. The van der Waals surface area contributed by atoms with Crippen molar-refractivity contribution in [3.63, 3.8) is 0 Å². The largest absolute Gasteiger partial charge is 0.493 e. The number of aromatic nitrogens is 2. The number of halogens is 2. The molecule has 1 fully saturated rings. The van der Waals surface area contributed by atoms with Crippen LogP contribution in [0, 0.1) is 0 Å². The first-order chi connectivity index (χ1) is 15.0. The molecule has 1 saturated heterocycles. The van der Waals surface area contributed by atoms with Crippen molar-refractivity contribution < 1.29 is 23.0 Å². The molecular weight excluding hydrogens is 408 g/mol. The van der Waals surface area contributed by atoms with Gasteiger partial charge in [-0.1, -0.05) is 6.92 Å². The van der Waals surface area contributed by atoms with E-state index >= 15 is 0 Å². The summed E-state index contributed by atoms with van der Waals surface area (Å²) < 4.78 is 43.7. The predicted octanol–water partition coefficient (Wildman–Crippen LogP) is 2.96. The summed E-state index contributed by atoms with van der Waals surface area (Å²) in [5.74, 6) is 1.24. The molecule has 10 heteroatoms. The van der Waals surface area contributed by atoms with Crippen LogP contribution in [0.5, 0.6) is 11.5 Å². The Morgan fingerprint density at radius 3 is 2.94 bits per heavy atom. The number of aryl methyl sites for hydroxylation is 1. The summed E-state index contributed by atoms with van der Waals surface area (Å²) in [5.41, 5.74) is 1.58. The Labute approximate surface area is 180 Å². The lowest BCUT2D eigenvalue weighted by atomic mass is 10.1. The molecule has 1 aliphatic rings. The molecule has 1 unspecified atom stereocenters. The van der Waals surface area contributed by atoms with E-state index in [9.17, 15) is 8.78 Å². The topological polar surface area (TPSA) is 73.1 Å². The van der Waals surface area contributed by atoms with Gasteiger partial charge in [0.2, 0.25) is 0 Å². The first kappa shape index (κ1) is 22.8. The average Bonchev–Trinajstić information content (AvgIpc) is 3.20. The molecule has 0 aliphatic carbocycles. The normalized spacial score (nSPS) is 17.2. The van der Waals surface area contributed by atoms with Gasteiger partial charge in [0.15, 0.2) is 5.96 Å². The Bertz CT molecular complexity index is 874. The van der Waals surface area contributed by atoms with Crippen LogP contribution in [-0.2, 0) is 18.3 Å². The lowest BCUT2D eigenvalue weighted by molar-refractivity contribution is -0.0505. The van der Waals surface area contributed by atoms with E-state index in [1.165, 1.54) is 6.07 Å². The van der Waals surface area contributed by atoms with Crippen LogP contribution in [0.15, 0.2) is 35.6 Å². The summed E-state index contributed by atoms with van der Waals surface area (Å²) in [4.78, 5) is 6.43. The maximum Gasteiger partial charge on any atom is 0.387 e. The summed E-state index contributed by atoms with van der Waals surface area (Å²) in [6.07, 6.45) is 4.43. The molecular formula is C21H29F2N5O3. The van der Waals surface area contributed by atoms with Gasteiger partial charge in [0.1, 0.15) is 17.6 Å². The van der Waals surface area contributed by atoms with Gasteiger partial charge < -0.3 is 24.4 Å². The molecule has 1 atom stereocenters. The number of ether oxygens (including phenoxy) is 3. The van der Waals surface area contributed by atoms with Crippen LogP contribution in [0.3, 0.4) is 0 Å². The third-order valence-corrected chi connectivity index (χ3v) is 4.84. The molecule has 1 N–H and O–H groups in total. The van der Waals surface area contributed by atoms with E-state index in [-0.39, 0.29) is 18.4 Å². The van der Waals surface area contributed by atoms with Crippen molar-refractivity contribution in [2.45, 2.75) is 32.6 Å². The molecule has 2 heterocycles. The number of rotatable bonds is 8. The molecule has 0 amide bonds. The Hall–Kier alpha value is -2.88. The van der Waals surface area contributed by atoms with Gasteiger partial charge in [-0.25, -0.2) is 0 Å². The highest BCUT2D eigenvalue weighted by molar-refractivity contribution is 5.80. The van der Waals surface area contributed by atoms with E-state index < -0.39 is 6.61 Å². The summed E-state index contributed by atoms with van der Waals surface area (Å²) >= 11 is 0. The van der Waals surface area contributed by atoms with Crippen LogP contribution in [-0.4, -0.2) is 60.6 Å². The van der Waals surface area contributed by atoms with Crippen LogP contribution < -0.4 is 14.8 Å². The number of aliphatic imine (C=N–C) groups is 1. The number of morpholine rings is 1. The summed E-state index contributed by atoms with van der Waals surface area (Å²) in [6, 6.07) is 4.97. The minimum absolute atomic E-state index is 0.0850. The lowest BCUT2D eigenvalue weighted by Gasteiger charge is -2.34. The van der Waals surface area contributed by atoms with Gasteiger partial charge in [-0.2, -0.15) is 13.9 Å². The van der Waals surface area contributed by atoms with Gasteiger partial charge in [0.05, 0.1) is 26.0 Å². The molecule has 0 bridgehead atoms. The highest BCUT2D eigenvalue weighted by Crippen LogP contribution is 2.27. The zero-order chi connectivity index (χ0) is 22.2. The van der Waals surface area contributed by atoms with Crippen molar-refractivity contribution in [1.82, 2.24) is 20.0 Å². The number of alkyl halides is 2. The fourth-order valence-corrected chi connectivity index (χ4v) is 3.35. The lowest BCUT2D eigenvalue weighted by Crippen LogP contribution is -2.47. The second kappa shape index (κ2) is 10.9. The number of hydrogen-bond acceptors (Lipinski definition) is 5. The molecule has 8 nitrogen and oxygen atoms in total. The van der Waals surface area contributed by atoms with Crippen molar-refractivity contribution in [1.29, 1.82) is 0 Å². The molecule has 1 aromatic heterocycles. The molecule has 3 rings (SSSR count). The minimum atomic E-state index is -2.92. The van der Waals surface area contributed by atoms with E-state index in [0.29, 0.717) is 43.6 Å². The Morgan fingerprint density at radius 1 is 1.42 bits per heavy atom. The molecule has 1 aliphatic heterocycles. The van der Waals surface area contributed by atoms with Crippen LogP contribution >= 0.6 is 0 Å². The molecule has 0 saturated carbocycles. The predicted molar refractivity (Wildman–Crippen MR) is 113 cm³/mol. The number of nitrogens with one attached hydrogen (secondary N) is 1. The van der Waals surface area contributed by atoms with Gasteiger partial charge in [-0.15, -0.1) is 0 Å². The Balaban J connectivity index is 1.66. The third-order valence-electron chi connectivity index (χ3n) is 4.84. The number of guanidine groups is 1. The van der Waals surface area contributed by atoms with E-state index in [0.717, 1.165) is 12.0 Å². The quantitative estimate of drug-likeness (QED) is 0.506. The molecule has 2 aromatic rings. The van der Waals surface area contributed by atoms with Gasteiger partial charge in [0.25, 0.3) is 0 Å². The number of nitrogens with zero attached hydrogens (tertiary/aromatic N) is 4. The maximum absolute atomic E-state index is 12.9. The number of hydrogen-bond donors (Lipinski definition) is 1. The zero-order valence-corrected chi connectivity index (χ0v) is 18.1. The van der Waals surface area contributed by atoms with Crippen LogP contribution in [0.4, 0.5) is 8.78 Å². The average molecular weight is 437 g/mol. The first-order valence-corrected chi connectivity index (χ1v) is 10.3. The zero-order valence-electron chi connectivity index (χ0n) is 18.1. The molecule has 31 heavy (non-hydrogen) atoms. The smallest absolute Gasteiger partial charge is 0.387 e. The van der Waals surface area contributed by atoms with E-state index in [4.69, 9.17) is 14.2 Å². The Kier molecular flexibility index (Phi) is 8.05. The van der Waals surface area contributed by atoms with E-state index in [1.807, 2.05) is 20.2 Å². The fraction of sp³-hybridized carbons (Fsp3) is 0.524. The summed E-state index contributed by atoms with van der Waals surface area (Å²) in [5, 5.41) is 7.45. The summed E-state index contributed by atoms with van der Waals surface area (Å²) in [7, 11) is 3.55. The fourth-order valence-electron chi connectivity index (χ4n) is 3.35. The van der Waals surface area contributed by atoms with Gasteiger partial charge in [-0.05, 0) is 18.6 Å². The highest BCUT2D eigenvalue weighted by atomic mass is 19.3. The number of benzene rings is 1. The van der Waals surface area contributed by atoms with Gasteiger partial charge >= 0.3 is 6.61 Å². The summed E-state index contributed by atoms with van der Waals surface area (Å²) in [6.45, 7) is 1.66. The SMILES string of the molecule is CCCOc1ccc(CNC(=NC)N2CCOC(c3cnn(C)c3)C2)c(OC(F)F)c1. The van der Waals surface area contributed by atoms with E-state index in [1.54, 1.807) is 30.1 Å². The van der Waals surface area contributed by atoms with Gasteiger partial charge in [0, 0.05) is 50.6 Å². The van der Waals surface area contributed by atoms with Crippen LogP contribution in [0.1, 0.15) is 30.6 Å². The van der Waals surface area contributed by atoms with Crippen molar-refractivity contribution >= 4 is 5.96 Å². The van der Waals surface area contributed by atoms with Crippen LogP contribution in [0.2, 0.25) is 0 Å². The van der Waals surface area contributed by atoms with Crippen molar-refractivity contribution in [3.8, 4) is 11.5 Å². The highest BCUT2D eigenvalue weighted by Gasteiger charge is 2.25. The molecule has 170 valence electrons. The maximum atomic E-state index is 12.9. The van der Waals surface area contributed by atoms with Crippen molar-refractivity contribution in [2.75, 3.05) is 33.4 Å². The third kappa shape index (κ3) is 6.30. The molecule has 1 aromatic carbocycles. The van der Waals surface area contributed by atoms with Gasteiger partial charge in [-0.3, -0.25) is 9.67 Å².